The highest BCUT2D eigenvalue weighted by atomic mass is 19.1. The summed E-state index contributed by atoms with van der Waals surface area (Å²) in [6.07, 6.45) is 0.478. The van der Waals surface area contributed by atoms with Gasteiger partial charge in [0.05, 0.1) is 6.54 Å². The Morgan fingerprint density at radius 2 is 2.19 bits per heavy atom. The number of carboxylic acids is 1. The van der Waals surface area contributed by atoms with Crippen LogP contribution in [-0.2, 0) is 9.53 Å². The van der Waals surface area contributed by atoms with Gasteiger partial charge in [-0.3, -0.25) is 0 Å². The molecule has 5 nitrogen and oxygen atoms in total. The summed E-state index contributed by atoms with van der Waals surface area (Å²) in [6.45, 7) is 5.52. The first kappa shape index (κ1) is 14.4. The fourth-order valence-electron chi connectivity index (χ4n) is 0.913. The van der Waals surface area contributed by atoms with E-state index in [0.29, 0.717) is 0 Å². The first-order chi connectivity index (χ1) is 7.34. The quantitative estimate of drug-likeness (QED) is 0.679. The zero-order chi connectivity index (χ0) is 12.8. The second-order valence-corrected chi connectivity index (χ2v) is 3.56. The number of halogens is 1. The Hall–Kier alpha value is -1.59. The Bertz CT molecular complexity index is 280. The minimum atomic E-state index is -2.49. The van der Waals surface area contributed by atoms with Crippen LogP contribution < -0.4 is 5.32 Å². The lowest BCUT2D eigenvalue weighted by Gasteiger charge is -2.24. The normalized spacial score (nSPS) is 14.0. The average molecular weight is 233 g/mol. The van der Waals surface area contributed by atoms with Gasteiger partial charge < -0.3 is 15.2 Å². The van der Waals surface area contributed by atoms with E-state index in [1.54, 1.807) is 0 Å². The van der Waals surface area contributed by atoms with E-state index in [0.717, 1.165) is 0 Å². The van der Waals surface area contributed by atoms with Gasteiger partial charge in [-0.25, -0.2) is 14.0 Å². The van der Waals surface area contributed by atoms with Gasteiger partial charge in [0.2, 0.25) is 5.67 Å². The Balaban J connectivity index is 4.29. The Kier molecular flexibility index (Phi) is 5.49. The van der Waals surface area contributed by atoms with Crippen molar-refractivity contribution >= 4 is 12.1 Å². The second kappa shape index (κ2) is 6.09. The van der Waals surface area contributed by atoms with Gasteiger partial charge in [0.1, 0.15) is 6.61 Å². The predicted octanol–water partition coefficient (Wildman–Crippen LogP) is 1.35. The van der Waals surface area contributed by atoms with Crippen molar-refractivity contribution in [2.45, 2.75) is 19.5 Å². The summed E-state index contributed by atoms with van der Waals surface area (Å²) < 4.78 is 18.3. The number of alkyl carbamates (subject to hydrolysis) is 1. The number of carbonyl (C=O) groups excluding carboxylic acids is 1. The maximum Gasteiger partial charge on any atom is 0.407 e. The van der Waals surface area contributed by atoms with Crippen molar-refractivity contribution in [2.75, 3.05) is 13.2 Å². The summed E-state index contributed by atoms with van der Waals surface area (Å²) in [7, 11) is 0. The third-order valence-corrected chi connectivity index (χ3v) is 2.09. The van der Waals surface area contributed by atoms with Crippen molar-refractivity contribution in [3.63, 3.8) is 0 Å². The fraction of sp³-hybridized carbons (Fsp3) is 0.600. The van der Waals surface area contributed by atoms with Crippen LogP contribution in [0.1, 0.15) is 13.8 Å². The minimum Gasteiger partial charge on any atom is -0.479 e. The molecule has 0 aliphatic heterocycles. The van der Waals surface area contributed by atoms with Crippen molar-refractivity contribution < 1.29 is 23.8 Å². The lowest BCUT2D eigenvalue weighted by molar-refractivity contribution is -0.153. The summed E-state index contributed by atoms with van der Waals surface area (Å²) >= 11 is 0. The van der Waals surface area contributed by atoms with E-state index in [9.17, 15) is 14.0 Å². The Morgan fingerprint density at radius 1 is 1.62 bits per heavy atom. The lowest BCUT2D eigenvalue weighted by Crippen LogP contribution is -2.49. The van der Waals surface area contributed by atoms with Crippen LogP contribution in [0.4, 0.5) is 9.18 Å². The van der Waals surface area contributed by atoms with Gasteiger partial charge in [0.15, 0.2) is 0 Å². The van der Waals surface area contributed by atoms with Gasteiger partial charge in [0.25, 0.3) is 0 Å². The van der Waals surface area contributed by atoms with E-state index in [1.807, 2.05) is 0 Å². The SMILES string of the molecule is C=CCOC(=O)NCC(F)(C(=O)O)C(C)C. The number of aliphatic carboxylic acids is 1. The number of rotatable bonds is 6. The topological polar surface area (TPSA) is 75.6 Å². The number of ether oxygens (including phenoxy) is 1. The van der Waals surface area contributed by atoms with E-state index in [4.69, 9.17) is 5.11 Å². The summed E-state index contributed by atoms with van der Waals surface area (Å²) in [5, 5.41) is 10.8. The molecule has 0 radical (unpaired) electrons. The van der Waals surface area contributed by atoms with Crippen LogP contribution in [-0.4, -0.2) is 36.0 Å². The molecule has 1 amide bonds. The molecule has 0 aromatic heterocycles. The maximum absolute atomic E-state index is 13.8. The van der Waals surface area contributed by atoms with E-state index >= 15 is 0 Å². The molecule has 0 rings (SSSR count). The van der Waals surface area contributed by atoms with E-state index < -0.39 is 30.2 Å². The summed E-state index contributed by atoms with van der Waals surface area (Å²) in [5.74, 6) is -2.36. The van der Waals surface area contributed by atoms with Crippen molar-refractivity contribution in [1.82, 2.24) is 5.32 Å². The summed E-state index contributed by atoms with van der Waals surface area (Å²) in [6, 6.07) is 0. The molecule has 92 valence electrons. The molecule has 0 spiro atoms. The van der Waals surface area contributed by atoms with Crippen LogP contribution in [0, 0.1) is 5.92 Å². The number of carbonyl (C=O) groups is 2. The molecular formula is C10H16FNO4. The van der Waals surface area contributed by atoms with Crippen LogP contribution in [0.25, 0.3) is 0 Å². The standard InChI is InChI=1S/C10H16FNO4/c1-4-5-16-9(15)12-6-10(11,7(2)3)8(13)14/h4,7H,1,5-6H2,2-3H3,(H,12,15)(H,13,14). The van der Waals surface area contributed by atoms with Crippen LogP contribution in [0.5, 0.6) is 0 Å². The number of nitrogens with one attached hydrogen (secondary N) is 1. The fourth-order valence-corrected chi connectivity index (χ4v) is 0.913. The Labute approximate surface area is 93.3 Å². The van der Waals surface area contributed by atoms with Gasteiger partial charge in [-0.05, 0) is 0 Å². The molecule has 1 unspecified atom stereocenters. The molecule has 0 aromatic carbocycles. The van der Waals surface area contributed by atoms with Gasteiger partial charge in [-0.15, -0.1) is 0 Å². The number of amides is 1. The molecule has 0 aliphatic rings. The zero-order valence-corrected chi connectivity index (χ0v) is 9.33. The molecule has 0 aromatic rings. The highest BCUT2D eigenvalue weighted by molar-refractivity contribution is 5.79. The molecule has 2 N–H and O–H groups in total. The van der Waals surface area contributed by atoms with Crippen LogP contribution in [0.2, 0.25) is 0 Å². The van der Waals surface area contributed by atoms with E-state index in [2.05, 4.69) is 16.6 Å². The third-order valence-electron chi connectivity index (χ3n) is 2.09. The van der Waals surface area contributed by atoms with Crippen LogP contribution in [0.3, 0.4) is 0 Å². The minimum absolute atomic E-state index is 0.0140. The van der Waals surface area contributed by atoms with Gasteiger partial charge in [0, 0.05) is 5.92 Å². The molecule has 0 saturated heterocycles. The first-order valence-electron chi connectivity index (χ1n) is 4.78. The van der Waals surface area contributed by atoms with Gasteiger partial charge >= 0.3 is 12.1 Å². The predicted molar refractivity (Wildman–Crippen MR) is 55.9 cm³/mol. The van der Waals surface area contributed by atoms with Crippen LogP contribution >= 0.6 is 0 Å². The van der Waals surface area contributed by atoms with Crippen molar-refractivity contribution in [2.24, 2.45) is 5.92 Å². The molecule has 0 saturated carbocycles. The molecular weight excluding hydrogens is 217 g/mol. The number of hydrogen-bond donors (Lipinski definition) is 2. The third kappa shape index (κ3) is 3.88. The highest BCUT2D eigenvalue weighted by Crippen LogP contribution is 2.21. The molecule has 16 heavy (non-hydrogen) atoms. The zero-order valence-electron chi connectivity index (χ0n) is 9.33. The smallest absolute Gasteiger partial charge is 0.407 e. The molecule has 0 aliphatic carbocycles. The Morgan fingerprint density at radius 3 is 2.56 bits per heavy atom. The van der Waals surface area contributed by atoms with Crippen molar-refractivity contribution in [3.8, 4) is 0 Å². The van der Waals surface area contributed by atoms with Crippen LogP contribution in [0.15, 0.2) is 12.7 Å². The lowest BCUT2D eigenvalue weighted by atomic mass is 9.92. The van der Waals surface area contributed by atoms with Gasteiger partial charge in [-0.2, -0.15) is 0 Å². The molecule has 6 heteroatoms. The molecule has 0 heterocycles. The largest absolute Gasteiger partial charge is 0.479 e. The maximum atomic E-state index is 13.8. The van der Waals surface area contributed by atoms with E-state index in [1.165, 1.54) is 19.9 Å². The monoisotopic (exact) mass is 233 g/mol. The summed E-state index contributed by atoms with van der Waals surface area (Å²) in [5.41, 5.74) is -2.49. The average Bonchev–Trinajstić information content (AvgIpc) is 2.22. The van der Waals surface area contributed by atoms with E-state index in [-0.39, 0.29) is 6.61 Å². The molecule has 0 fully saturated rings. The first-order valence-corrected chi connectivity index (χ1v) is 4.78. The summed E-state index contributed by atoms with van der Waals surface area (Å²) in [4.78, 5) is 21.7. The molecule has 0 bridgehead atoms. The number of hydrogen-bond acceptors (Lipinski definition) is 3. The molecule has 1 atom stereocenters. The van der Waals surface area contributed by atoms with Crippen molar-refractivity contribution in [3.05, 3.63) is 12.7 Å². The second-order valence-electron chi connectivity index (χ2n) is 3.56. The highest BCUT2D eigenvalue weighted by Gasteiger charge is 2.42. The van der Waals surface area contributed by atoms with Crippen molar-refractivity contribution in [1.29, 1.82) is 0 Å². The van der Waals surface area contributed by atoms with Gasteiger partial charge in [-0.1, -0.05) is 26.5 Å². The number of alkyl halides is 1. The number of carboxylic acid groups (broad SMARTS) is 1.